The number of rotatable bonds is 6. The van der Waals surface area contributed by atoms with Gasteiger partial charge in [-0.2, -0.15) is 0 Å². The maximum Gasteiger partial charge on any atom is 0.255 e. The van der Waals surface area contributed by atoms with Crippen LogP contribution in [-0.4, -0.2) is 56.7 Å². The van der Waals surface area contributed by atoms with Gasteiger partial charge in [0.1, 0.15) is 0 Å². The predicted octanol–water partition coefficient (Wildman–Crippen LogP) is 0.420. The lowest BCUT2D eigenvalue weighted by molar-refractivity contribution is -0.119. The first-order chi connectivity index (χ1) is 10.5. The van der Waals surface area contributed by atoms with Gasteiger partial charge in [0.2, 0.25) is 0 Å². The molecule has 1 atom stereocenters. The van der Waals surface area contributed by atoms with Gasteiger partial charge in [-0.05, 0) is 24.6 Å². The van der Waals surface area contributed by atoms with E-state index in [1.54, 1.807) is 30.1 Å². The number of methoxy groups -OCH3 is 1. The first-order valence-electron chi connectivity index (χ1n) is 6.97. The topological polar surface area (TPSA) is 91.1 Å². The second kappa shape index (κ2) is 7.13. The molecule has 0 spiro atoms. The van der Waals surface area contributed by atoms with Crippen molar-refractivity contribution in [3.8, 4) is 11.5 Å². The van der Waals surface area contributed by atoms with Crippen LogP contribution >= 0.6 is 0 Å². The van der Waals surface area contributed by atoms with E-state index in [1.807, 2.05) is 0 Å². The number of hydrogen-bond donors (Lipinski definition) is 1. The summed E-state index contributed by atoms with van der Waals surface area (Å²) < 4.78 is 15.7. The number of nitrogens with two attached hydrogens (primary N) is 1. The SMILES string of the molecule is COc1cc(C(=O)N(C)C2CCOC2)ccc1OCC(N)=O. The van der Waals surface area contributed by atoms with Crippen LogP contribution in [0.15, 0.2) is 18.2 Å². The van der Waals surface area contributed by atoms with Crippen molar-refractivity contribution in [2.24, 2.45) is 5.73 Å². The molecule has 7 nitrogen and oxygen atoms in total. The van der Waals surface area contributed by atoms with Crippen molar-refractivity contribution < 1.29 is 23.8 Å². The molecule has 1 unspecified atom stereocenters. The number of amides is 2. The van der Waals surface area contributed by atoms with Gasteiger partial charge in [-0.3, -0.25) is 9.59 Å². The van der Waals surface area contributed by atoms with Crippen LogP contribution in [0.1, 0.15) is 16.8 Å². The lowest BCUT2D eigenvalue weighted by Crippen LogP contribution is -2.37. The van der Waals surface area contributed by atoms with Crippen LogP contribution in [0, 0.1) is 0 Å². The zero-order valence-electron chi connectivity index (χ0n) is 12.7. The largest absolute Gasteiger partial charge is 0.493 e. The summed E-state index contributed by atoms with van der Waals surface area (Å²) in [5, 5.41) is 0. The Hall–Kier alpha value is -2.28. The molecule has 0 saturated carbocycles. The maximum atomic E-state index is 12.5. The number of likely N-dealkylation sites (N-methyl/N-ethyl adjacent to an activating group) is 1. The fourth-order valence-corrected chi connectivity index (χ4v) is 2.27. The summed E-state index contributed by atoms with van der Waals surface area (Å²) in [6, 6.07) is 4.90. The number of hydrogen-bond acceptors (Lipinski definition) is 5. The first-order valence-corrected chi connectivity index (χ1v) is 6.97. The van der Waals surface area contributed by atoms with E-state index in [2.05, 4.69) is 0 Å². The van der Waals surface area contributed by atoms with Crippen LogP contribution in [0.4, 0.5) is 0 Å². The van der Waals surface area contributed by atoms with E-state index < -0.39 is 5.91 Å². The van der Waals surface area contributed by atoms with Crippen LogP contribution in [-0.2, 0) is 9.53 Å². The highest BCUT2D eigenvalue weighted by Crippen LogP contribution is 2.29. The van der Waals surface area contributed by atoms with Crippen LogP contribution in [0.2, 0.25) is 0 Å². The summed E-state index contributed by atoms with van der Waals surface area (Å²) in [6.07, 6.45) is 0.833. The molecule has 1 aromatic rings. The summed E-state index contributed by atoms with van der Waals surface area (Å²) in [5.41, 5.74) is 5.53. The summed E-state index contributed by atoms with van der Waals surface area (Å²) in [4.78, 5) is 24.9. The van der Waals surface area contributed by atoms with Crippen molar-refractivity contribution in [3.05, 3.63) is 23.8 Å². The Morgan fingerprint density at radius 3 is 2.77 bits per heavy atom. The van der Waals surface area contributed by atoms with E-state index in [4.69, 9.17) is 19.9 Å². The second-order valence-electron chi connectivity index (χ2n) is 5.05. The quantitative estimate of drug-likeness (QED) is 0.822. The molecule has 2 rings (SSSR count). The maximum absolute atomic E-state index is 12.5. The lowest BCUT2D eigenvalue weighted by atomic mass is 10.1. The van der Waals surface area contributed by atoms with Gasteiger partial charge in [0.15, 0.2) is 18.1 Å². The first kappa shape index (κ1) is 16.1. The van der Waals surface area contributed by atoms with Crippen molar-refractivity contribution in [1.82, 2.24) is 4.90 Å². The molecule has 1 heterocycles. The monoisotopic (exact) mass is 308 g/mol. The van der Waals surface area contributed by atoms with Gasteiger partial charge in [-0.15, -0.1) is 0 Å². The molecule has 2 N–H and O–H groups in total. The normalized spacial score (nSPS) is 17.1. The fourth-order valence-electron chi connectivity index (χ4n) is 2.27. The zero-order chi connectivity index (χ0) is 16.1. The Kier molecular flexibility index (Phi) is 5.21. The van der Waals surface area contributed by atoms with E-state index in [0.717, 1.165) is 6.42 Å². The highest BCUT2D eigenvalue weighted by Gasteiger charge is 2.25. The Bertz CT molecular complexity index is 555. The van der Waals surface area contributed by atoms with Crippen molar-refractivity contribution in [2.75, 3.05) is 34.0 Å². The molecule has 1 aliphatic rings. The minimum absolute atomic E-state index is 0.0873. The minimum Gasteiger partial charge on any atom is -0.493 e. The molecule has 0 aromatic heterocycles. The Balaban J connectivity index is 2.13. The fraction of sp³-hybridized carbons (Fsp3) is 0.467. The van der Waals surface area contributed by atoms with Crippen LogP contribution in [0.5, 0.6) is 11.5 Å². The molecule has 1 fully saturated rings. The zero-order valence-corrected chi connectivity index (χ0v) is 12.7. The third-order valence-electron chi connectivity index (χ3n) is 3.55. The average Bonchev–Trinajstić information content (AvgIpc) is 3.05. The number of ether oxygens (including phenoxy) is 3. The smallest absolute Gasteiger partial charge is 0.255 e. The number of carbonyl (C=O) groups is 2. The molecule has 1 aromatic carbocycles. The third kappa shape index (κ3) is 3.67. The van der Waals surface area contributed by atoms with E-state index in [9.17, 15) is 9.59 Å². The van der Waals surface area contributed by atoms with Crippen molar-refractivity contribution >= 4 is 11.8 Å². The molecule has 0 radical (unpaired) electrons. The Morgan fingerprint density at radius 2 is 2.18 bits per heavy atom. The minimum atomic E-state index is -0.580. The number of carbonyl (C=O) groups excluding carboxylic acids is 2. The number of benzene rings is 1. The van der Waals surface area contributed by atoms with Gasteiger partial charge in [-0.1, -0.05) is 0 Å². The standard InChI is InChI=1S/C15H20N2O5/c1-17(11-5-6-21-8-11)15(19)10-3-4-12(13(7-10)20-2)22-9-14(16)18/h3-4,7,11H,5-6,8-9H2,1-2H3,(H2,16,18). The van der Waals surface area contributed by atoms with Crippen LogP contribution in [0.25, 0.3) is 0 Å². The van der Waals surface area contributed by atoms with Gasteiger partial charge in [0.05, 0.1) is 19.8 Å². The van der Waals surface area contributed by atoms with E-state index in [0.29, 0.717) is 30.3 Å². The Labute approximate surface area is 128 Å². The van der Waals surface area contributed by atoms with Crippen LogP contribution < -0.4 is 15.2 Å². The molecule has 1 aliphatic heterocycles. The predicted molar refractivity (Wildman–Crippen MR) is 79.0 cm³/mol. The van der Waals surface area contributed by atoms with Gasteiger partial charge >= 0.3 is 0 Å². The van der Waals surface area contributed by atoms with Gasteiger partial charge in [-0.25, -0.2) is 0 Å². The van der Waals surface area contributed by atoms with Gasteiger partial charge < -0.3 is 24.8 Å². The summed E-state index contributed by atoms with van der Waals surface area (Å²) >= 11 is 0. The highest BCUT2D eigenvalue weighted by atomic mass is 16.5. The molecule has 22 heavy (non-hydrogen) atoms. The summed E-state index contributed by atoms with van der Waals surface area (Å²) in [7, 11) is 3.22. The lowest BCUT2D eigenvalue weighted by Gasteiger charge is -2.23. The number of primary amides is 1. The molecule has 0 bridgehead atoms. The van der Waals surface area contributed by atoms with Crippen LogP contribution in [0.3, 0.4) is 0 Å². The van der Waals surface area contributed by atoms with Crippen molar-refractivity contribution in [2.45, 2.75) is 12.5 Å². The van der Waals surface area contributed by atoms with Crippen molar-refractivity contribution in [3.63, 3.8) is 0 Å². The molecule has 0 aliphatic carbocycles. The molecule has 7 heteroatoms. The number of nitrogens with zero attached hydrogens (tertiary/aromatic N) is 1. The summed E-state index contributed by atoms with van der Waals surface area (Å²) in [5.74, 6) is 0.0475. The van der Waals surface area contributed by atoms with Gasteiger partial charge in [0, 0.05) is 19.2 Å². The molecule has 2 amide bonds. The average molecular weight is 308 g/mol. The van der Waals surface area contributed by atoms with Crippen molar-refractivity contribution in [1.29, 1.82) is 0 Å². The molecular weight excluding hydrogens is 288 g/mol. The second-order valence-corrected chi connectivity index (χ2v) is 5.05. The van der Waals surface area contributed by atoms with E-state index in [-0.39, 0.29) is 18.6 Å². The Morgan fingerprint density at radius 1 is 1.41 bits per heavy atom. The molecule has 1 saturated heterocycles. The van der Waals surface area contributed by atoms with Gasteiger partial charge in [0.25, 0.3) is 11.8 Å². The van der Waals surface area contributed by atoms with E-state index >= 15 is 0 Å². The third-order valence-corrected chi connectivity index (χ3v) is 3.55. The van der Waals surface area contributed by atoms with E-state index in [1.165, 1.54) is 7.11 Å². The molecule has 120 valence electrons. The summed E-state index contributed by atoms with van der Waals surface area (Å²) in [6.45, 7) is 0.980. The highest BCUT2D eigenvalue weighted by molar-refractivity contribution is 5.95. The molecular formula is C15H20N2O5.